The molecule has 1 aliphatic rings. The van der Waals surface area contributed by atoms with E-state index in [1.165, 1.54) is 0 Å². The lowest BCUT2D eigenvalue weighted by molar-refractivity contribution is 0.0820. The van der Waals surface area contributed by atoms with Crippen molar-refractivity contribution in [3.8, 4) is 0 Å². The van der Waals surface area contributed by atoms with Crippen LogP contribution >= 0.6 is 0 Å². The van der Waals surface area contributed by atoms with Crippen molar-refractivity contribution in [3.63, 3.8) is 0 Å². The number of aldehydes is 1. The van der Waals surface area contributed by atoms with Crippen LogP contribution in [0.15, 0.2) is 18.2 Å². The number of nitrogens with zero attached hydrogens (tertiary/aromatic N) is 1. The monoisotopic (exact) mass is 233 g/mol. The van der Waals surface area contributed by atoms with E-state index >= 15 is 0 Å². The number of hydrogen-bond donors (Lipinski definition) is 0. The second kappa shape index (κ2) is 5.32. The fourth-order valence-electron chi connectivity index (χ4n) is 2.27. The van der Waals surface area contributed by atoms with E-state index in [4.69, 9.17) is 4.74 Å². The molecule has 1 atom stereocenters. The van der Waals surface area contributed by atoms with Crippen LogP contribution in [0.3, 0.4) is 0 Å². The van der Waals surface area contributed by atoms with Gasteiger partial charge in [-0.1, -0.05) is 11.6 Å². The minimum Gasteiger partial charge on any atom is -0.377 e. The number of hydrogen-bond acceptors (Lipinski definition) is 3. The molecule has 0 aliphatic carbocycles. The van der Waals surface area contributed by atoms with E-state index < -0.39 is 0 Å². The summed E-state index contributed by atoms with van der Waals surface area (Å²) in [5.41, 5.74) is 2.93. The molecule has 1 aromatic rings. The quantitative estimate of drug-likeness (QED) is 0.735. The van der Waals surface area contributed by atoms with Crippen LogP contribution in [0.2, 0.25) is 0 Å². The van der Waals surface area contributed by atoms with Gasteiger partial charge in [-0.15, -0.1) is 0 Å². The van der Waals surface area contributed by atoms with Gasteiger partial charge in [-0.05, 0) is 32.4 Å². The van der Waals surface area contributed by atoms with Gasteiger partial charge in [-0.2, -0.15) is 0 Å². The first-order valence-corrected chi connectivity index (χ1v) is 6.13. The van der Waals surface area contributed by atoms with E-state index in [0.717, 1.165) is 49.2 Å². The van der Waals surface area contributed by atoms with Crippen LogP contribution in [0, 0.1) is 6.92 Å². The summed E-state index contributed by atoms with van der Waals surface area (Å²) in [6, 6.07) is 6.04. The minimum absolute atomic E-state index is 0.221. The highest BCUT2D eigenvalue weighted by Crippen LogP contribution is 2.22. The molecular weight excluding hydrogens is 214 g/mol. The zero-order valence-electron chi connectivity index (χ0n) is 10.5. The number of rotatable bonds is 2. The van der Waals surface area contributed by atoms with Gasteiger partial charge >= 0.3 is 0 Å². The first-order chi connectivity index (χ1) is 8.20. The highest BCUT2D eigenvalue weighted by atomic mass is 16.5. The van der Waals surface area contributed by atoms with Crippen molar-refractivity contribution < 1.29 is 9.53 Å². The Labute approximate surface area is 102 Å². The highest BCUT2D eigenvalue weighted by molar-refractivity contribution is 5.85. The summed E-state index contributed by atoms with van der Waals surface area (Å²) < 4.78 is 5.62. The molecule has 0 spiro atoms. The predicted octanol–water partition coefficient (Wildman–Crippen LogP) is 2.42. The SMILES string of the molecule is Cc1ccc(N2CCCOC(C)C2)c(C=O)c1. The van der Waals surface area contributed by atoms with Crippen molar-refractivity contribution in [3.05, 3.63) is 29.3 Å². The number of anilines is 1. The second-order valence-electron chi connectivity index (χ2n) is 4.66. The van der Waals surface area contributed by atoms with Gasteiger partial charge in [0.05, 0.1) is 6.10 Å². The average molecular weight is 233 g/mol. The van der Waals surface area contributed by atoms with Crippen LogP contribution in [-0.4, -0.2) is 32.1 Å². The van der Waals surface area contributed by atoms with Gasteiger partial charge < -0.3 is 9.64 Å². The van der Waals surface area contributed by atoms with Crippen LogP contribution in [0.25, 0.3) is 0 Å². The molecule has 17 heavy (non-hydrogen) atoms. The minimum atomic E-state index is 0.221. The van der Waals surface area contributed by atoms with E-state index in [2.05, 4.69) is 17.9 Å². The summed E-state index contributed by atoms with van der Waals surface area (Å²) in [7, 11) is 0. The van der Waals surface area contributed by atoms with E-state index in [9.17, 15) is 4.79 Å². The lowest BCUT2D eigenvalue weighted by Gasteiger charge is -2.25. The Morgan fingerprint density at radius 2 is 2.29 bits per heavy atom. The Hall–Kier alpha value is -1.35. The van der Waals surface area contributed by atoms with Gasteiger partial charge in [0, 0.05) is 30.9 Å². The lowest BCUT2D eigenvalue weighted by atomic mass is 10.1. The van der Waals surface area contributed by atoms with Crippen molar-refractivity contribution in [1.82, 2.24) is 0 Å². The Morgan fingerprint density at radius 3 is 3.06 bits per heavy atom. The number of benzene rings is 1. The molecule has 1 fully saturated rings. The number of carbonyl (C=O) groups excluding carboxylic acids is 1. The number of aryl methyl sites for hydroxylation is 1. The smallest absolute Gasteiger partial charge is 0.152 e. The Bertz CT molecular complexity index is 403. The summed E-state index contributed by atoms with van der Waals surface area (Å²) in [6.45, 7) is 6.69. The van der Waals surface area contributed by atoms with Crippen molar-refractivity contribution in [2.45, 2.75) is 26.4 Å². The molecular formula is C14H19NO2. The lowest BCUT2D eigenvalue weighted by Crippen LogP contribution is -2.30. The highest BCUT2D eigenvalue weighted by Gasteiger charge is 2.17. The topological polar surface area (TPSA) is 29.5 Å². The van der Waals surface area contributed by atoms with Crippen LogP contribution in [-0.2, 0) is 4.74 Å². The Morgan fingerprint density at radius 1 is 1.47 bits per heavy atom. The molecule has 1 saturated heterocycles. The van der Waals surface area contributed by atoms with Crippen molar-refractivity contribution in [2.75, 3.05) is 24.6 Å². The zero-order chi connectivity index (χ0) is 12.3. The summed E-state index contributed by atoms with van der Waals surface area (Å²) >= 11 is 0. The summed E-state index contributed by atoms with van der Waals surface area (Å²) in [5, 5.41) is 0. The Kier molecular flexibility index (Phi) is 3.79. The van der Waals surface area contributed by atoms with E-state index in [1.807, 2.05) is 19.1 Å². The zero-order valence-corrected chi connectivity index (χ0v) is 10.5. The fourth-order valence-corrected chi connectivity index (χ4v) is 2.27. The standard InChI is InChI=1S/C14H19NO2/c1-11-4-5-14(13(8-11)10-16)15-6-3-7-17-12(2)9-15/h4-5,8,10,12H,3,6-7,9H2,1-2H3. The molecule has 1 heterocycles. The maximum Gasteiger partial charge on any atom is 0.152 e. The third-order valence-corrected chi connectivity index (χ3v) is 3.10. The average Bonchev–Trinajstić information content (AvgIpc) is 2.53. The van der Waals surface area contributed by atoms with Gasteiger partial charge in [0.1, 0.15) is 0 Å². The van der Waals surface area contributed by atoms with Gasteiger partial charge in [0.2, 0.25) is 0 Å². The van der Waals surface area contributed by atoms with Crippen LogP contribution < -0.4 is 4.90 Å². The molecule has 0 saturated carbocycles. The second-order valence-corrected chi connectivity index (χ2v) is 4.66. The third-order valence-electron chi connectivity index (χ3n) is 3.10. The molecule has 1 aromatic carbocycles. The van der Waals surface area contributed by atoms with Gasteiger partial charge in [-0.25, -0.2) is 0 Å². The summed E-state index contributed by atoms with van der Waals surface area (Å²) in [5.74, 6) is 0. The molecule has 0 N–H and O–H groups in total. The summed E-state index contributed by atoms with van der Waals surface area (Å²) in [6.07, 6.45) is 2.17. The van der Waals surface area contributed by atoms with E-state index in [1.54, 1.807) is 0 Å². The molecule has 0 aromatic heterocycles. The Balaban J connectivity index is 2.28. The van der Waals surface area contributed by atoms with Gasteiger partial charge in [0.25, 0.3) is 0 Å². The molecule has 1 unspecified atom stereocenters. The molecule has 2 rings (SSSR count). The maximum absolute atomic E-state index is 11.1. The number of ether oxygens (including phenoxy) is 1. The molecule has 1 aliphatic heterocycles. The van der Waals surface area contributed by atoms with Crippen LogP contribution in [0.1, 0.15) is 29.3 Å². The molecule has 92 valence electrons. The third kappa shape index (κ3) is 2.86. The van der Waals surface area contributed by atoms with E-state index in [0.29, 0.717) is 0 Å². The van der Waals surface area contributed by atoms with E-state index in [-0.39, 0.29) is 6.10 Å². The largest absolute Gasteiger partial charge is 0.377 e. The van der Waals surface area contributed by atoms with Crippen LogP contribution in [0.5, 0.6) is 0 Å². The summed E-state index contributed by atoms with van der Waals surface area (Å²) in [4.78, 5) is 13.4. The number of carbonyl (C=O) groups is 1. The molecule has 3 heteroatoms. The normalized spacial score (nSPS) is 21.1. The predicted molar refractivity (Wildman–Crippen MR) is 68.8 cm³/mol. The van der Waals surface area contributed by atoms with Crippen LogP contribution in [0.4, 0.5) is 5.69 Å². The first kappa shape index (κ1) is 12.1. The van der Waals surface area contributed by atoms with Crippen molar-refractivity contribution in [2.24, 2.45) is 0 Å². The molecule has 3 nitrogen and oxygen atoms in total. The first-order valence-electron chi connectivity index (χ1n) is 6.13. The van der Waals surface area contributed by atoms with Crippen molar-refractivity contribution >= 4 is 12.0 Å². The molecule has 0 amide bonds. The fraction of sp³-hybridized carbons (Fsp3) is 0.500. The van der Waals surface area contributed by atoms with Gasteiger partial charge in [-0.3, -0.25) is 4.79 Å². The molecule has 0 bridgehead atoms. The molecule has 0 radical (unpaired) electrons. The van der Waals surface area contributed by atoms with Gasteiger partial charge in [0.15, 0.2) is 6.29 Å². The van der Waals surface area contributed by atoms with Crippen molar-refractivity contribution in [1.29, 1.82) is 0 Å². The maximum atomic E-state index is 11.1.